The summed E-state index contributed by atoms with van der Waals surface area (Å²) in [6, 6.07) is -0.301. The van der Waals surface area contributed by atoms with Crippen LogP contribution in [0.15, 0.2) is 0 Å². The Morgan fingerprint density at radius 2 is 2.05 bits per heavy atom. The highest BCUT2D eigenvalue weighted by Gasteiger charge is 2.44. The van der Waals surface area contributed by atoms with Crippen molar-refractivity contribution in [1.29, 1.82) is 0 Å². The van der Waals surface area contributed by atoms with Gasteiger partial charge in [0.15, 0.2) is 6.10 Å². The Morgan fingerprint density at radius 1 is 1.45 bits per heavy atom. The first-order chi connectivity index (χ1) is 9.36. The molecule has 0 aromatic carbocycles. The first-order valence-electron chi connectivity index (χ1n) is 6.71. The number of ether oxygens (including phenoxy) is 1. The number of carbonyl (C=O) groups excluding carboxylic acids is 1. The van der Waals surface area contributed by atoms with Gasteiger partial charge in [-0.25, -0.2) is 4.79 Å². The number of alkyl halides is 3. The minimum atomic E-state index is -4.59. The van der Waals surface area contributed by atoms with Crippen molar-refractivity contribution in [1.82, 2.24) is 10.2 Å². The monoisotopic (exact) mass is 298 g/mol. The predicted octanol–water partition coefficient (Wildman–Crippen LogP) is 1.37. The summed E-state index contributed by atoms with van der Waals surface area (Å²) in [5, 5.41) is 11.8. The van der Waals surface area contributed by atoms with Gasteiger partial charge in [-0.1, -0.05) is 0 Å². The lowest BCUT2D eigenvalue weighted by Gasteiger charge is -2.34. The van der Waals surface area contributed by atoms with Gasteiger partial charge in [0.25, 0.3) is 0 Å². The topological polar surface area (TPSA) is 61.8 Å². The lowest BCUT2D eigenvalue weighted by Crippen LogP contribution is -2.48. The van der Waals surface area contributed by atoms with Gasteiger partial charge in [0.05, 0.1) is 6.61 Å². The normalized spacial score (nSPS) is 18.9. The molecule has 5 nitrogen and oxygen atoms in total. The molecular formula is C12H21F3N2O3. The summed E-state index contributed by atoms with van der Waals surface area (Å²) in [7, 11) is 0. The third-order valence-corrected chi connectivity index (χ3v) is 3.34. The quantitative estimate of drug-likeness (QED) is 0.754. The van der Waals surface area contributed by atoms with E-state index in [0.717, 1.165) is 0 Å². The van der Waals surface area contributed by atoms with Gasteiger partial charge in [-0.15, -0.1) is 0 Å². The highest BCUT2D eigenvalue weighted by Crippen LogP contribution is 2.31. The van der Waals surface area contributed by atoms with Crippen LogP contribution in [0.4, 0.5) is 18.0 Å². The van der Waals surface area contributed by atoms with E-state index in [-0.39, 0.29) is 32.0 Å². The number of aliphatic hydroxyl groups excluding tert-OH is 1. The first-order valence-corrected chi connectivity index (χ1v) is 6.71. The molecule has 0 aromatic rings. The zero-order valence-corrected chi connectivity index (χ0v) is 11.4. The highest BCUT2D eigenvalue weighted by molar-refractivity contribution is 5.74. The van der Waals surface area contributed by atoms with Crippen LogP contribution >= 0.6 is 0 Å². The van der Waals surface area contributed by atoms with Crippen LogP contribution in [0.3, 0.4) is 0 Å². The van der Waals surface area contributed by atoms with E-state index in [2.05, 4.69) is 5.32 Å². The number of carbonyl (C=O) groups is 1. The van der Waals surface area contributed by atoms with Gasteiger partial charge in [-0.05, 0) is 25.7 Å². The summed E-state index contributed by atoms with van der Waals surface area (Å²) in [5.41, 5.74) is 0. The third kappa shape index (κ3) is 5.16. The molecule has 2 amide bonds. The average molecular weight is 298 g/mol. The third-order valence-electron chi connectivity index (χ3n) is 3.34. The fraction of sp³-hybridized carbons (Fsp3) is 0.917. The van der Waals surface area contributed by atoms with Crippen molar-refractivity contribution in [2.24, 2.45) is 5.92 Å². The number of urea groups is 1. The van der Waals surface area contributed by atoms with Crippen molar-refractivity contribution in [2.45, 2.75) is 32.0 Å². The van der Waals surface area contributed by atoms with Gasteiger partial charge in [-0.3, -0.25) is 0 Å². The Kier molecular flexibility index (Phi) is 6.54. The van der Waals surface area contributed by atoms with Crippen molar-refractivity contribution in [3.05, 3.63) is 0 Å². The van der Waals surface area contributed by atoms with E-state index >= 15 is 0 Å². The average Bonchev–Trinajstić information content (AvgIpc) is 2.41. The Balaban J connectivity index is 2.29. The summed E-state index contributed by atoms with van der Waals surface area (Å²) in [6.07, 6.45) is -6.59. The molecule has 1 atom stereocenters. The van der Waals surface area contributed by atoms with E-state index in [1.54, 1.807) is 0 Å². The largest absolute Gasteiger partial charge is 0.414 e. The summed E-state index contributed by atoms with van der Waals surface area (Å²) in [4.78, 5) is 13.2. The van der Waals surface area contributed by atoms with Crippen LogP contribution in [-0.2, 0) is 4.74 Å². The van der Waals surface area contributed by atoms with E-state index < -0.39 is 18.2 Å². The number of amides is 2. The van der Waals surface area contributed by atoms with Crippen molar-refractivity contribution in [2.75, 3.05) is 32.8 Å². The van der Waals surface area contributed by atoms with E-state index in [1.165, 1.54) is 4.90 Å². The molecule has 2 N–H and O–H groups in total. The lowest BCUT2D eigenvalue weighted by atomic mass is 9.91. The molecule has 1 aliphatic heterocycles. The van der Waals surface area contributed by atoms with E-state index in [0.29, 0.717) is 19.8 Å². The number of hydrogen-bond acceptors (Lipinski definition) is 3. The highest BCUT2D eigenvalue weighted by atomic mass is 19.4. The molecule has 20 heavy (non-hydrogen) atoms. The van der Waals surface area contributed by atoms with Gasteiger partial charge in [0.2, 0.25) is 0 Å². The van der Waals surface area contributed by atoms with Crippen LogP contribution in [0.1, 0.15) is 19.8 Å². The standard InChI is InChI=1S/C12H21F3N2O3/c1-2-20-8-5-16-11(19)17-6-3-9(4-7-17)10(18)12(13,14)15/h9-10,18H,2-8H2,1H3,(H,16,19). The maximum absolute atomic E-state index is 12.4. The van der Waals surface area contributed by atoms with Gasteiger partial charge in [0.1, 0.15) is 0 Å². The second-order valence-corrected chi connectivity index (χ2v) is 4.74. The second kappa shape index (κ2) is 7.68. The number of nitrogens with one attached hydrogen (secondary N) is 1. The molecule has 1 rings (SSSR count). The number of hydrogen-bond donors (Lipinski definition) is 2. The number of likely N-dealkylation sites (tertiary alicyclic amines) is 1. The molecular weight excluding hydrogens is 277 g/mol. The van der Waals surface area contributed by atoms with Gasteiger partial charge in [-0.2, -0.15) is 13.2 Å². The number of nitrogens with zero attached hydrogens (tertiary/aromatic N) is 1. The summed E-state index contributed by atoms with van der Waals surface area (Å²) >= 11 is 0. The number of halogens is 3. The zero-order chi connectivity index (χ0) is 15.2. The van der Waals surface area contributed by atoms with Crippen LogP contribution in [-0.4, -0.2) is 61.2 Å². The Hall–Kier alpha value is -1.02. The molecule has 1 fully saturated rings. The van der Waals surface area contributed by atoms with Crippen LogP contribution in [0, 0.1) is 5.92 Å². The molecule has 118 valence electrons. The van der Waals surface area contributed by atoms with Crippen LogP contribution in [0.5, 0.6) is 0 Å². The summed E-state index contributed by atoms with van der Waals surface area (Å²) < 4.78 is 42.2. The van der Waals surface area contributed by atoms with Gasteiger partial charge >= 0.3 is 12.2 Å². The number of aliphatic hydroxyl groups is 1. The fourth-order valence-electron chi connectivity index (χ4n) is 2.17. The van der Waals surface area contributed by atoms with Crippen molar-refractivity contribution in [3.63, 3.8) is 0 Å². The molecule has 0 bridgehead atoms. The molecule has 1 unspecified atom stereocenters. The lowest BCUT2D eigenvalue weighted by molar-refractivity contribution is -0.222. The Morgan fingerprint density at radius 3 is 2.55 bits per heavy atom. The van der Waals surface area contributed by atoms with Crippen LogP contribution in [0.25, 0.3) is 0 Å². The Labute approximate surface area is 116 Å². The smallest absolute Gasteiger partial charge is 0.383 e. The molecule has 8 heteroatoms. The SMILES string of the molecule is CCOCCNC(=O)N1CCC(C(O)C(F)(F)F)CC1. The maximum atomic E-state index is 12.4. The van der Waals surface area contributed by atoms with Crippen molar-refractivity contribution in [3.8, 4) is 0 Å². The molecule has 1 heterocycles. The number of piperidine rings is 1. The zero-order valence-electron chi connectivity index (χ0n) is 11.4. The molecule has 0 aromatic heterocycles. The molecule has 0 spiro atoms. The van der Waals surface area contributed by atoms with E-state index in [4.69, 9.17) is 4.74 Å². The summed E-state index contributed by atoms with van der Waals surface area (Å²) in [6.45, 7) is 3.63. The molecule has 1 aliphatic rings. The maximum Gasteiger partial charge on any atom is 0.414 e. The Bertz CT molecular complexity index is 305. The van der Waals surface area contributed by atoms with E-state index in [1.807, 2.05) is 6.92 Å². The van der Waals surface area contributed by atoms with E-state index in [9.17, 15) is 23.1 Å². The summed E-state index contributed by atoms with van der Waals surface area (Å²) in [5.74, 6) is -0.831. The predicted molar refractivity (Wildman–Crippen MR) is 66.3 cm³/mol. The van der Waals surface area contributed by atoms with Crippen molar-refractivity contribution < 1.29 is 27.8 Å². The van der Waals surface area contributed by atoms with Crippen LogP contribution < -0.4 is 5.32 Å². The first kappa shape index (κ1) is 17.0. The fourth-order valence-corrected chi connectivity index (χ4v) is 2.17. The molecule has 1 saturated heterocycles. The minimum absolute atomic E-state index is 0.152. The van der Waals surface area contributed by atoms with Gasteiger partial charge < -0.3 is 20.1 Å². The minimum Gasteiger partial charge on any atom is -0.383 e. The molecule has 0 saturated carbocycles. The van der Waals surface area contributed by atoms with Crippen LogP contribution in [0.2, 0.25) is 0 Å². The van der Waals surface area contributed by atoms with Gasteiger partial charge in [0, 0.05) is 26.2 Å². The molecule has 0 aliphatic carbocycles. The second-order valence-electron chi connectivity index (χ2n) is 4.74. The number of rotatable bonds is 5. The molecule has 0 radical (unpaired) electrons. The van der Waals surface area contributed by atoms with Crippen molar-refractivity contribution >= 4 is 6.03 Å².